The summed E-state index contributed by atoms with van der Waals surface area (Å²) in [5.74, 6) is 0.796. The average molecular weight is 370 g/mol. The van der Waals surface area contributed by atoms with Crippen LogP contribution in [0.15, 0.2) is 40.9 Å². The van der Waals surface area contributed by atoms with Gasteiger partial charge in [-0.15, -0.1) is 0 Å². The molecule has 4 nitrogen and oxygen atoms in total. The van der Waals surface area contributed by atoms with Gasteiger partial charge >= 0.3 is 0 Å². The first-order chi connectivity index (χ1) is 9.88. The van der Waals surface area contributed by atoms with Gasteiger partial charge in [-0.05, 0) is 46.3 Å². The number of carbonyl (C=O) groups excluding carboxylic acids is 1. The number of nitrogens with two attached hydrogens (primary N) is 1. The molecule has 0 aliphatic rings. The SMILES string of the molecule is CN(C)C(=O)c1ccc(N)cc1Oc1ccc(Cl)cc1Br. The molecule has 2 aromatic carbocycles. The second-order valence-corrected chi connectivity index (χ2v) is 5.92. The zero-order chi connectivity index (χ0) is 15.6. The van der Waals surface area contributed by atoms with E-state index in [2.05, 4.69) is 15.9 Å². The summed E-state index contributed by atoms with van der Waals surface area (Å²) >= 11 is 9.28. The van der Waals surface area contributed by atoms with Crippen LogP contribution in [0.3, 0.4) is 0 Å². The van der Waals surface area contributed by atoms with Crippen LogP contribution in [-0.2, 0) is 0 Å². The third-order valence-corrected chi connectivity index (χ3v) is 3.61. The zero-order valence-electron chi connectivity index (χ0n) is 11.6. The van der Waals surface area contributed by atoms with E-state index in [1.54, 1.807) is 50.5 Å². The molecular formula is C15H14BrClN2O2. The monoisotopic (exact) mass is 368 g/mol. The minimum Gasteiger partial charge on any atom is -0.455 e. The van der Waals surface area contributed by atoms with Crippen LogP contribution in [0.25, 0.3) is 0 Å². The number of rotatable bonds is 3. The lowest BCUT2D eigenvalue weighted by Crippen LogP contribution is -2.22. The van der Waals surface area contributed by atoms with Crippen molar-refractivity contribution < 1.29 is 9.53 Å². The fourth-order valence-corrected chi connectivity index (χ4v) is 2.48. The van der Waals surface area contributed by atoms with E-state index >= 15 is 0 Å². The van der Waals surface area contributed by atoms with Crippen molar-refractivity contribution in [2.45, 2.75) is 0 Å². The molecule has 0 aliphatic carbocycles. The highest BCUT2D eigenvalue weighted by Gasteiger charge is 2.16. The normalized spacial score (nSPS) is 10.3. The first-order valence-corrected chi connectivity index (χ1v) is 7.29. The largest absolute Gasteiger partial charge is 0.455 e. The molecule has 0 bridgehead atoms. The first-order valence-electron chi connectivity index (χ1n) is 6.12. The van der Waals surface area contributed by atoms with Crippen LogP contribution in [0.4, 0.5) is 5.69 Å². The summed E-state index contributed by atoms with van der Waals surface area (Å²) < 4.78 is 6.51. The first kappa shape index (κ1) is 15.7. The van der Waals surface area contributed by atoms with Crippen molar-refractivity contribution in [3.05, 3.63) is 51.5 Å². The molecule has 0 unspecified atom stereocenters. The number of carbonyl (C=O) groups is 1. The van der Waals surface area contributed by atoms with Gasteiger partial charge in [0.1, 0.15) is 11.5 Å². The molecule has 0 atom stereocenters. The molecule has 2 aromatic rings. The quantitative estimate of drug-likeness (QED) is 0.826. The van der Waals surface area contributed by atoms with Gasteiger partial charge in [-0.25, -0.2) is 0 Å². The Morgan fingerprint density at radius 3 is 2.52 bits per heavy atom. The molecule has 2 N–H and O–H groups in total. The summed E-state index contributed by atoms with van der Waals surface area (Å²) in [6.07, 6.45) is 0. The lowest BCUT2D eigenvalue weighted by molar-refractivity contribution is 0.0825. The van der Waals surface area contributed by atoms with Crippen LogP contribution in [0.1, 0.15) is 10.4 Å². The van der Waals surface area contributed by atoms with Crippen molar-refractivity contribution in [1.29, 1.82) is 0 Å². The minimum atomic E-state index is -0.157. The summed E-state index contributed by atoms with van der Waals surface area (Å²) in [5, 5.41) is 0.589. The van der Waals surface area contributed by atoms with Gasteiger partial charge in [-0.1, -0.05) is 11.6 Å². The third-order valence-electron chi connectivity index (χ3n) is 2.76. The van der Waals surface area contributed by atoms with Crippen LogP contribution in [0.5, 0.6) is 11.5 Å². The van der Waals surface area contributed by atoms with E-state index in [0.717, 1.165) is 0 Å². The van der Waals surface area contributed by atoms with Gasteiger partial charge in [0.2, 0.25) is 0 Å². The lowest BCUT2D eigenvalue weighted by atomic mass is 10.1. The Labute approximate surface area is 136 Å². The van der Waals surface area contributed by atoms with Gasteiger partial charge in [0.25, 0.3) is 5.91 Å². The Kier molecular flexibility index (Phi) is 4.75. The van der Waals surface area contributed by atoms with Gasteiger partial charge in [-0.3, -0.25) is 4.79 Å². The second kappa shape index (κ2) is 6.37. The van der Waals surface area contributed by atoms with Crippen molar-refractivity contribution >= 4 is 39.1 Å². The number of hydrogen-bond acceptors (Lipinski definition) is 3. The smallest absolute Gasteiger partial charge is 0.257 e. The summed E-state index contributed by atoms with van der Waals surface area (Å²) in [7, 11) is 3.36. The molecule has 2 rings (SSSR count). The van der Waals surface area contributed by atoms with Gasteiger partial charge < -0.3 is 15.4 Å². The number of nitrogen functional groups attached to an aromatic ring is 1. The predicted molar refractivity (Wildman–Crippen MR) is 88.1 cm³/mol. The maximum absolute atomic E-state index is 12.2. The van der Waals surface area contributed by atoms with Crippen LogP contribution in [0, 0.1) is 0 Å². The highest BCUT2D eigenvalue weighted by atomic mass is 79.9. The van der Waals surface area contributed by atoms with Crippen molar-refractivity contribution in [1.82, 2.24) is 4.90 Å². The number of benzene rings is 2. The number of ether oxygens (including phenoxy) is 1. The Morgan fingerprint density at radius 1 is 1.19 bits per heavy atom. The molecule has 0 aliphatic heterocycles. The Hall–Kier alpha value is -1.72. The molecule has 1 amide bonds. The fraction of sp³-hybridized carbons (Fsp3) is 0.133. The Bertz CT molecular complexity index is 689. The molecule has 0 radical (unpaired) electrons. The number of nitrogens with zero attached hydrogens (tertiary/aromatic N) is 1. The number of amides is 1. The molecule has 110 valence electrons. The van der Waals surface area contributed by atoms with E-state index in [1.807, 2.05) is 0 Å². The van der Waals surface area contributed by atoms with Gasteiger partial charge in [0, 0.05) is 30.9 Å². The van der Waals surface area contributed by atoms with Gasteiger partial charge in [-0.2, -0.15) is 0 Å². The average Bonchev–Trinajstić information content (AvgIpc) is 2.41. The molecule has 0 saturated heterocycles. The Balaban J connectivity index is 2.43. The third kappa shape index (κ3) is 3.68. The summed E-state index contributed by atoms with van der Waals surface area (Å²) in [4.78, 5) is 13.7. The predicted octanol–water partition coefficient (Wildman–Crippen LogP) is 4.18. The van der Waals surface area contributed by atoms with E-state index in [4.69, 9.17) is 22.1 Å². The molecule has 0 saturated carbocycles. The fourth-order valence-electron chi connectivity index (χ4n) is 1.72. The van der Waals surface area contributed by atoms with Crippen LogP contribution >= 0.6 is 27.5 Å². The van der Waals surface area contributed by atoms with Gasteiger partial charge in [0.05, 0.1) is 10.0 Å². The second-order valence-electron chi connectivity index (χ2n) is 4.63. The van der Waals surface area contributed by atoms with Crippen molar-refractivity contribution in [3.8, 4) is 11.5 Å². The van der Waals surface area contributed by atoms with E-state index in [-0.39, 0.29) is 5.91 Å². The zero-order valence-corrected chi connectivity index (χ0v) is 13.9. The maximum Gasteiger partial charge on any atom is 0.257 e. The number of hydrogen-bond donors (Lipinski definition) is 1. The topological polar surface area (TPSA) is 55.6 Å². The van der Waals surface area contributed by atoms with Crippen LogP contribution in [0.2, 0.25) is 5.02 Å². The van der Waals surface area contributed by atoms with Crippen molar-refractivity contribution in [3.63, 3.8) is 0 Å². The highest BCUT2D eigenvalue weighted by Crippen LogP contribution is 2.34. The summed E-state index contributed by atoms with van der Waals surface area (Å²) in [5.41, 5.74) is 6.74. The Morgan fingerprint density at radius 2 is 1.90 bits per heavy atom. The summed E-state index contributed by atoms with van der Waals surface area (Å²) in [6.45, 7) is 0. The van der Waals surface area contributed by atoms with Crippen LogP contribution in [-0.4, -0.2) is 24.9 Å². The summed E-state index contributed by atoms with van der Waals surface area (Å²) in [6, 6.07) is 10.1. The molecule has 6 heteroatoms. The van der Waals surface area contributed by atoms with E-state index < -0.39 is 0 Å². The van der Waals surface area contributed by atoms with E-state index in [1.165, 1.54) is 4.90 Å². The van der Waals surface area contributed by atoms with Crippen LogP contribution < -0.4 is 10.5 Å². The van der Waals surface area contributed by atoms with Crippen molar-refractivity contribution in [2.24, 2.45) is 0 Å². The van der Waals surface area contributed by atoms with Gasteiger partial charge in [0.15, 0.2) is 0 Å². The molecule has 0 spiro atoms. The lowest BCUT2D eigenvalue weighted by Gasteiger charge is -2.16. The highest BCUT2D eigenvalue weighted by molar-refractivity contribution is 9.10. The maximum atomic E-state index is 12.2. The van der Waals surface area contributed by atoms with E-state index in [0.29, 0.717) is 32.2 Å². The molecule has 0 heterocycles. The molecule has 21 heavy (non-hydrogen) atoms. The number of halogens is 2. The molecule has 0 fully saturated rings. The van der Waals surface area contributed by atoms with Crippen molar-refractivity contribution in [2.75, 3.05) is 19.8 Å². The standard InChI is InChI=1S/C15H14BrClN2O2/c1-19(2)15(20)11-5-4-10(18)8-14(11)21-13-6-3-9(17)7-12(13)16/h3-8H,18H2,1-2H3. The number of anilines is 1. The molecular weight excluding hydrogens is 356 g/mol. The minimum absolute atomic E-state index is 0.157. The molecule has 0 aromatic heterocycles. The van der Waals surface area contributed by atoms with E-state index in [9.17, 15) is 4.79 Å².